The molecule has 0 fully saturated rings. The van der Waals surface area contributed by atoms with Crippen molar-refractivity contribution < 1.29 is 17.9 Å². The van der Waals surface area contributed by atoms with Gasteiger partial charge >= 0.3 is 0 Å². The first-order chi connectivity index (χ1) is 14.7. The summed E-state index contributed by atoms with van der Waals surface area (Å²) in [5, 5.41) is 0. The molecule has 31 heavy (non-hydrogen) atoms. The average molecular weight is 437 g/mol. The highest BCUT2D eigenvalue weighted by atomic mass is 32.2. The number of nitrogens with zero attached hydrogens (tertiary/aromatic N) is 1. The van der Waals surface area contributed by atoms with Crippen LogP contribution in [-0.4, -0.2) is 21.4 Å². The summed E-state index contributed by atoms with van der Waals surface area (Å²) in [6, 6.07) is 17.1. The third-order valence-electron chi connectivity index (χ3n) is 5.32. The van der Waals surface area contributed by atoms with E-state index in [0.29, 0.717) is 28.8 Å². The molecule has 0 spiro atoms. The van der Waals surface area contributed by atoms with Crippen LogP contribution in [0.1, 0.15) is 41.3 Å². The number of hydrogen-bond acceptors (Lipinski definition) is 4. The minimum absolute atomic E-state index is 0.161. The molecule has 1 aliphatic heterocycles. The second-order valence-corrected chi connectivity index (χ2v) is 9.66. The van der Waals surface area contributed by atoms with Gasteiger partial charge in [0.25, 0.3) is 15.9 Å². The Labute approximate surface area is 182 Å². The summed E-state index contributed by atoms with van der Waals surface area (Å²) in [6.07, 6.45) is 0. The van der Waals surface area contributed by atoms with Crippen molar-refractivity contribution in [3.05, 3.63) is 77.4 Å². The SMILES string of the molecule is Cc1ccc2c(c1)N(C)C(=O)c1cc(NS(=O)(=O)c3ccc(C(C)C)cc3)ccc1O2. The first-order valence-corrected chi connectivity index (χ1v) is 11.5. The van der Waals surface area contributed by atoms with E-state index in [1.807, 2.05) is 51.1 Å². The van der Waals surface area contributed by atoms with Gasteiger partial charge in [-0.2, -0.15) is 0 Å². The Hall–Kier alpha value is -3.32. The van der Waals surface area contributed by atoms with Crippen LogP contribution in [0.5, 0.6) is 11.5 Å². The number of aryl methyl sites for hydroxylation is 1. The molecule has 1 heterocycles. The third-order valence-corrected chi connectivity index (χ3v) is 6.72. The molecule has 0 saturated carbocycles. The number of hydrogen-bond donors (Lipinski definition) is 1. The number of ether oxygens (including phenoxy) is 1. The zero-order valence-corrected chi connectivity index (χ0v) is 18.7. The van der Waals surface area contributed by atoms with Crippen LogP contribution in [0.25, 0.3) is 0 Å². The summed E-state index contributed by atoms with van der Waals surface area (Å²) in [7, 11) is -2.12. The fraction of sp³-hybridized carbons (Fsp3) is 0.208. The first kappa shape index (κ1) is 20.9. The molecule has 0 aromatic heterocycles. The smallest absolute Gasteiger partial charge is 0.261 e. The predicted molar refractivity (Wildman–Crippen MR) is 122 cm³/mol. The van der Waals surface area contributed by atoms with Crippen molar-refractivity contribution in [2.24, 2.45) is 0 Å². The van der Waals surface area contributed by atoms with Crippen molar-refractivity contribution in [1.29, 1.82) is 0 Å². The Bertz CT molecular complexity index is 1270. The van der Waals surface area contributed by atoms with Crippen molar-refractivity contribution in [2.75, 3.05) is 16.7 Å². The number of carbonyl (C=O) groups is 1. The standard InChI is InChI=1S/C24H24N2O4S/c1-15(2)17-6-9-19(10-7-17)31(28,29)25-18-8-12-22-20(14-18)24(27)26(4)21-13-16(3)5-11-23(21)30-22/h5-15,25H,1-4H3. The fourth-order valence-electron chi connectivity index (χ4n) is 3.48. The number of amides is 1. The van der Waals surface area contributed by atoms with Crippen molar-refractivity contribution in [3.8, 4) is 11.5 Å². The van der Waals surface area contributed by atoms with Gasteiger partial charge in [-0.15, -0.1) is 0 Å². The molecule has 4 rings (SSSR count). The van der Waals surface area contributed by atoms with E-state index in [4.69, 9.17) is 4.74 Å². The lowest BCUT2D eigenvalue weighted by Gasteiger charge is -2.17. The van der Waals surface area contributed by atoms with Crippen molar-refractivity contribution in [3.63, 3.8) is 0 Å². The van der Waals surface area contributed by atoms with E-state index < -0.39 is 10.0 Å². The fourth-order valence-corrected chi connectivity index (χ4v) is 4.53. The zero-order valence-electron chi connectivity index (χ0n) is 17.8. The Morgan fingerprint density at radius 3 is 2.29 bits per heavy atom. The maximum atomic E-state index is 13.1. The number of carbonyl (C=O) groups excluding carboxylic acids is 1. The molecule has 1 aliphatic rings. The molecule has 0 saturated heterocycles. The first-order valence-electron chi connectivity index (χ1n) is 9.99. The van der Waals surface area contributed by atoms with Gasteiger partial charge in [0, 0.05) is 12.7 Å². The molecule has 0 aliphatic carbocycles. The molecule has 1 N–H and O–H groups in total. The second kappa shape index (κ2) is 7.74. The van der Waals surface area contributed by atoms with Gasteiger partial charge in [-0.3, -0.25) is 9.52 Å². The third kappa shape index (κ3) is 4.01. The Morgan fingerprint density at radius 2 is 1.61 bits per heavy atom. The van der Waals surface area contributed by atoms with E-state index >= 15 is 0 Å². The summed E-state index contributed by atoms with van der Waals surface area (Å²) in [5.41, 5.74) is 3.30. The molecule has 6 nitrogen and oxygen atoms in total. The van der Waals surface area contributed by atoms with Gasteiger partial charge < -0.3 is 9.64 Å². The normalized spacial score (nSPS) is 13.3. The van der Waals surface area contributed by atoms with Gasteiger partial charge in [0.15, 0.2) is 5.75 Å². The van der Waals surface area contributed by atoms with E-state index in [2.05, 4.69) is 4.72 Å². The highest BCUT2D eigenvalue weighted by Gasteiger charge is 2.27. The monoisotopic (exact) mass is 436 g/mol. The van der Waals surface area contributed by atoms with Gasteiger partial charge in [-0.1, -0.05) is 32.0 Å². The van der Waals surface area contributed by atoms with Crippen molar-refractivity contribution in [2.45, 2.75) is 31.6 Å². The van der Waals surface area contributed by atoms with Crippen LogP contribution in [0.2, 0.25) is 0 Å². The molecule has 160 valence electrons. The Morgan fingerprint density at radius 1 is 0.935 bits per heavy atom. The quantitative estimate of drug-likeness (QED) is 0.602. The minimum Gasteiger partial charge on any atom is -0.454 e. The maximum absolute atomic E-state index is 13.1. The average Bonchev–Trinajstić information content (AvgIpc) is 2.83. The van der Waals surface area contributed by atoms with E-state index in [0.717, 1.165) is 11.1 Å². The van der Waals surface area contributed by atoms with Crippen LogP contribution in [0, 0.1) is 6.92 Å². The summed E-state index contributed by atoms with van der Waals surface area (Å²) in [5.74, 6) is 0.981. The molecule has 0 bridgehead atoms. The summed E-state index contributed by atoms with van der Waals surface area (Å²) in [6.45, 7) is 6.04. The van der Waals surface area contributed by atoms with Crippen LogP contribution >= 0.6 is 0 Å². The number of sulfonamides is 1. The molecular weight excluding hydrogens is 412 g/mol. The predicted octanol–water partition coefficient (Wildman–Crippen LogP) is 5.30. The van der Waals surface area contributed by atoms with Crippen LogP contribution in [0.4, 0.5) is 11.4 Å². The summed E-state index contributed by atoms with van der Waals surface area (Å²) < 4.78 is 34.2. The van der Waals surface area contributed by atoms with Crippen LogP contribution in [0.15, 0.2) is 65.6 Å². The van der Waals surface area contributed by atoms with Gasteiger partial charge in [-0.05, 0) is 66.4 Å². The summed E-state index contributed by atoms with van der Waals surface area (Å²) in [4.78, 5) is 14.7. The number of benzene rings is 3. The van der Waals surface area contributed by atoms with Gasteiger partial charge in [0.1, 0.15) is 5.75 Å². The van der Waals surface area contributed by atoms with E-state index in [1.165, 1.54) is 11.0 Å². The molecular formula is C24H24N2O4S. The largest absolute Gasteiger partial charge is 0.454 e. The van der Waals surface area contributed by atoms with Gasteiger partial charge in [-0.25, -0.2) is 8.42 Å². The summed E-state index contributed by atoms with van der Waals surface area (Å²) >= 11 is 0. The van der Waals surface area contributed by atoms with E-state index in [-0.39, 0.29) is 16.4 Å². The number of rotatable bonds is 4. The van der Waals surface area contributed by atoms with Gasteiger partial charge in [0.05, 0.1) is 16.1 Å². The topological polar surface area (TPSA) is 75.7 Å². The van der Waals surface area contributed by atoms with E-state index in [1.54, 1.807) is 31.3 Å². The number of fused-ring (bicyclic) bond motifs is 2. The lowest BCUT2D eigenvalue weighted by Crippen LogP contribution is -2.25. The minimum atomic E-state index is -3.80. The zero-order chi connectivity index (χ0) is 22.3. The van der Waals surface area contributed by atoms with Crippen LogP contribution in [-0.2, 0) is 10.0 Å². The highest BCUT2D eigenvalue weighted by molar-refractivity contribution is 7.92. The molecule has 3 aromatic rings. The molecule has 0 atom stereocenters. The lowest BCUT2D eigenvalue weighted by molar-refractivity contribution is 0.0993. The van der Waals surface area contributed by atoms with Crippen molar-refractivity contribution >= 4 is 27.3 Å². The molecule has 0 unspecified atom stereocenters. The Balaban J connectivity index is 1.66. The molecule has 1 amide bonds. The number of nitrogens with one attached hydrogen (secondary N) is 1. The highest BCUT2D eigenvalue weighted by Crippen LogP contribution is 2.39. The molecule has 7 heteroatoms. The number of anilines is 2. The van der Waals surface area contributed by atoms with Crippen LogP contribution < -0.4 is 14.4 Å². The molecule has 0 radical (unpaired) electrons. The lowest BCUT2D eigenvalue weighted by atomic mass is 10.0. The molecule has 3 aromatic carbocycles. The van der Waals surface area contributed by atoms with E-state index in [9.17, 15) is 13.2 Å². The second-order valence-electron chi connectivity index (χ2n) is 7.98. The van der Waals surface area contributed by atoms with Crippen LogP contribution in [0.3, 0.4) is 0 Å². The van der Waals surface area contributed by atoms with Gasteiger partial charge in [0.2, 0.25) is 0 Å². The Kier molecular flexibility index (Phi) is 5.23. The van der Waals surface area contributed by atoms with Crippen molar-refractivity contribution in [1.82, 2.24) is 0 Å². The maximum Gasteiger partial charge on any atom is 0.261 e.